The van der Waals surface area contributed by atoms with E-state index >= 15 is 0 Å². The highest BCUT2D eigenvalue weighted by Gasteiger charge is 2.34. The summed E-state index contributed by atoms with van der Waals surface area (Å²) >= 11 is 0. The standard InChI is InChI=1S/C15H27N3O2/c1-15(2,3)18-7-5-12(6-8-18)14(20)17-10-9-16(4)13(19)11-17/h12H,5-11H2,1-4H3. The highest BCUT2D eigenvalue weighted by molar-refractivity contribution is 5.87. The van der Waals surface area contributed by atoms with Gasteiger partial charge >= 0.3 is 0 Å². The van der Waals surface area contributed by atoms with Crippen LogP contribution in [0.4, 0.5) is 0 Å². The fourth-order valence-corrected chi connectivity index (χ4v) is 3.00. The lowest BCUT2D eigenvalue weighted by Gasteiger charge is -2.42. The van der Waals surface area contributed by atoms with Crippen LogP contribution in [0.3, 0.4) is 0 Å². The van der Waals surface area contributed by atoms with Crippen LogP contribution in [-0.2, 0) is 9.59 Å². The molecule has 0 aromatic carbocycles. The molecule has 114 valence electrons. The van der Waals surface area contributed by atoms with Gasteiger partial charge in [0.2, 0.25) is 11.8 Å². The number of rotatable bonds is 1. The summed E-state index contributed by atoms with van der Waals surface area (Å²) in [6, 6.07) is 0. The molecule has 0 saturated carbocycles. The molecular formula is C15H27N3O2. The normalized spacial score (nSPS) is 23.3. The number of amides is 2. The van der Waals surface area contributed by atoms with Crippen molar-refractivity contribution >= 4 is 11.8 Å². The van der Waals surface area contributed by atoms with Crippen LogP contribution in [0, 0.1) is 5.92 Å². The lowest BCUT2D eigenvalue weighted by atomic mass is 9.92. The SMILES string of the molecule is CN1CCN(C(=O)C2CCN(C(C)(C)C)CC2)CC1=O. The predicted molar refractivity (Wildman–Crippen MR) is 78.3 cm³/mol. The van der Waals surface area contributed by atoms with Crippen molar-refractivity contribution in [2.45, 2.75) is 39.2 Å². The van der Waals surface area contributed by atoms with Crippen LogP contribution in [-0.4, -0.2) is 71.8 Å². The lowest BCUT2D eigenvalue weighted by molar-refractivity contribution is -0.147. The van der Waals surface area contributed by atoms with Gasteiger partial charge in [-0.1, -0.05) is 0 Å². The van der Waals surface area contributed by atoms with Gasteiger partial charge in [-0.2, -0.15) is 0 Å². The van der Waals surface area contributed by atoms with Crippen molar-refractivity contribution in [1.82, 2.24) is 14.7 Å². The van der Waals surface area contributed by atoms with Crippen molar-refractivity contribution in [2.75, 3.05) is 39.8 Å². The Morgan fingerprint density at radius 2 is 1.70 bits per heavy atom. The Morgan fingerprint density at radius 1 is 1.10 bits per heavy atom. The van der Waals surface area contributed by atoms with Crippen LogP contribution >= 0.6 is 0 Å². The van der Waals surface area contributed by atoms with E-state index in [1.807, 2.05) is 0 Å². The summed E-state index contributed by atoms with van der Waals surface area (Å²) < 4.78 is 0. The number of likely N-dealkylation sites (tertiary alicyclic amines) is 1. The van der Waals surface area contributed by atoms with E-state index in [0.717, 1.165) is 25.9 Å². The van der Waals surface area contributed by atoms with E-state index in [1.165, 1.54) is 0 Å². The van der Waals surface area contributed by atoms with E-state index in [1.54, 1.807) is 16.8 Å². The summed E-state index contributed by atoms with van der Waals surface area (Å²) in [5.74, 6) is 0.335. The third kappa shape index (κ3) is 3.32. The van der Waals surface area contributed by atoms with E-state index in [9.17, 15) is 9.59 Å². The molecule has 2 fully saturated rings. The molecule has 0 atom stereocenters. The third-order valence-electron chi connectivity index (χ3n) is 4.56. The minimum Gasteiger partial charge on any atom is -0.342 e. The Kier molecular flexibility index (Phi) is 4.37. The molecule has 20 heavy (non-hydrogen) atoms. The van der Waals surface area contributed by atoms with Gasteiger partial charge < -0.3 is 9.80 Å². The topological polar surface area (TPSA) is 43.9 Å². The molecule has 2 saturated heterocycles. The van der Waals surface area contributed by atoms with Gasteiger partial charge in [-0.05, 0) is 46.7 Å². The largest absolute Gasteiger partial charge is 0.342 e. The highest BCUT2D eigenvalue weighted by Crippen LogP contribution is 2.25. The summed E-state index contributed by atoms with van der Waals surface area (Å²) in [5.41, 5.74) is 0.178. The molecule has 2 heterocycles. The second-order valence-electron chi connectivity index (χ2n) is 7.01. The molecule has 2 aliphatic rings. The van der Waals surface area contributed by atoms with Gasteiger partial charge in [0, 0.05) is 31.6 Å². The molecule has 0 spiro atoms. The molecule has 0 N–H and O–H groups in total. The fraction of sp³-hybridized carbons (Fsp3) is 0.867. The number of piperazine rings is 1. The van der Waals surface area contributed by atoms with E-state index in [4.69, 9.17) is 0 Å². The predicted octanol–water partition coefficient (Wildman–Crippen LogP) is 0.798. The van der Waals surface area contributed by atoms with Crippen LogP contribution in [0.1, 0.15) is 33.6 Å². The highest BCUT2D eigenvalue weighted by atomic mass is 16.2. The average molecular weight is 281 g/mol. The fourth-order valence-electron chi connectivity index (χ4n) is 3.00. The zero-order chi connectivity index (χ0) is 14.9. The first-order valence-corrected chi connectivity index (χ1v) is 7.57. The molecule has 2 aliphatic heterocycles. The molecule has 0 aromatic heterocycles. The second kappa shape index (κ2) is 5.72. The van der Waals surface area contributed by atoms with Gasteiger partial charge in [0.25, 0.3) is 0 Å². The van der Waals surface area contributed by atoms with Crippen molar-refractivity contribution in [3.05, 3.63) is 0 Å². The maximum absolute atomic E-state index is 12.5. The molecule has 2 rings (SSSR count). The van der Waals surface area contributed by atoms with E-state index < -0.39 is 0 Å². The minimum atomic E-state index is 0.0525. The molecule has 0 unspecified atom stereocenters. The van der Waals surface area contributed by atoms with Crippen LogP contribution in [0.25, 0.3) is 0 Å². The van der Waals surface area contributed by atoms with Gasteiger partial charge in [0.15, 0.2) is 0 Å². The van der Waals surface area contributed by atoms with Crippen LogP contribution in [0.2, 0.25) is 0 Å². The number of carbonyl (C=O) groups is 2. The van der Waals surface area contributed by atoms with Crippen LogP contribution < -0.4 is 0 Å². The van der Waals surface area contributed by atoms with Crippen molar-refractivity contribution in [1.29, 1.82) is 0 Å². The van der Waals surface area contributed by atoms with E-state index in [2.05, 4.69) is 25.7 Å². The Hall–Kier alpha value is -1.10. The molecular weight excluding hydrogens is 254 g/mol. The molecule has 5 heteroatoms. The first-order valence-electron chi connectivity index (χ1n) is 7.57. The van der Waals surface area contributed by atoms with Gasteiger partial charge in [0.1, 0.15) is 0 Å². The van der Waals surface area contributed by atoms with E-state index in [0.29, 0.717) is 13.1 Å². The minimum absolute atomic E-state index is 0.0525. The number of carbonyl (C=O) groups excluding carboxylic acids is 2. The Labute approximate surface area is 121 Å². The quantitative estimate of drug-likeness (QED) is 0.714. The summed E-state index contributed by atoms with van der Waals surface area (Å²) in [6.07, 6.45) is 1.83. The molecule has 0 aromatic rings. The van der Waals surface area contributed by atoms with Crippen LogP contribution in [0.15, 0.2) is 0 Å². The maximum atomic E-state index is 12.5. The van der Waals surface area contributed by atoms with E-state index in [-0.39, 0.29) is 29.8 Å². The third-order valence-corrected chi connectivity index (χ3v) is 4.56. The Balaban J connectivity index is 1.88. The Morgan fingerprint density at radius 3 is 2.20 bits per heavy atom. The number of piperidine rings is 1. The van der Waals surface area contributed by atoms with Crippen molar-refractivity contribution in [2.24, 2.45) is 5.92 Å². The van der Waals surface area contributed by atoms with Gasteiger partial charge in [-0.15, -0.1) is 0 Å². The van der Waals surface area contributed by atoms with Gasteiger partial charge in [-0.25, -0.2) is 0 Å². The summed E-state index contributed by atoms with van der Waals surface area (Å²) in [5, 5.41) is 0. The zero-order valence-corrected chi connectivity index (χ0v) is 13.2. The van der Waals surface area contributed by atoms with Crippen molar-refractivity contribution < 1.29 is 9.59 Å². The molecule has 0 radical (unpaired) electrons. The van der Waals surface area contributed by atoms with Gasteiger partial charge in [0.05, 0.1) is 6.54 Å². The van der Waals surface area contributed by atoms with Crippen LogP contribution in [0.5, 0.6) is 0 Å². The second-order valence-corrected chi connectivity index (χ2v) is 7.01. The van der Waals surface area contributed by atoms with Crippen molar-refractivity contribution in [3.63, 3.8) is 0 Å². The average Bonchev–Trinajstić information content (AvgIpc) is 2.40. The molecule has 0 aliphatic carbocycles. The van der Waals surface area contributed by atoms with Gasteiger partial charge in [-0.3, -0.25) is 14.5 Å². The molecule has 5 nitrogen and oxygen atoms in total. The summed E-state index contributed by atoms with van der Waals surface area (Å²) in [4.78, 5) is 30.1. The smallest absolute Gasteiger partial charge is 0.241 e. The number of likely N-dealkylation sites (N-methyl/N-ethyl adjacent to an activating group) is 1. The molecule has 0 bridgehead atoms. The molecule has 2 amide bonds. The zero-order valence-electron chi connectivity index (χ0n) is 13.2. The Bertz CT molecular complexity index is 381. The first kappa shape index (κ1) is 15.3. The van der Waals surface area contributed by atoms with Crippen molar-refractivity contribution in [3.8, 4) is 0 Å². The first-order chi connectivity index (χ1) is 9.29. The summed E-state index contributed by atoms with van der Waals surface area (Å²) in [7, 11) is 1.80. The number of nitrogens with zero attached hydrogens (tertiary/aromatic N) is 3. The summed E-state index contributed by atoms with van der Waals surface area (Å²) in [6.45, 7) is 10.2. The number of hydrogen-bond acceptors (Lipinski definition) is 3. The maximum Gasteiger partial charge on any atom is 0.241 e. The lowest BCUT2D eigenvalue weighted by Crippen LogP contribution is -2.54. The number of hydrogen-bond donors (Lipinski definition) is 0. The monoisotopic (exact) mass is 281 g/mol.